The summed E-state index contributed by atoms with van der Waals surface area (Å²) in [5, 5.41) is 9.48. The largest absolute Gasteiger partial charge is 0.586 e. The van der Waals surface area contributed by atoms with Crippen molar-refractivity contribution in [3.05, 3.63) is 87.8 Å². The number of H-pyrrole nitrogens is 1. The van der Waals surface area contributed by atoms with Crippen LogP contribution >= 0.6 is 0 Å². The van der Waals surface area contributed by atoms with E-state index < -0.39 is 23.9 Å². The molecule has 0 bridgehead atoms. The Kier molecular flexibility index (Phi) is 5.29. The summed E-state index contributed by atoms with van der Waals surface area (Å²) < 4.78 is 41.6. The van der Waals surface area contributed by atoms with Crippen LogP contribution in [-0.4, -0.2) is 37.7 Å². The number of hydrogen-bond acceptors (Lipinski definition) is 8. The van der Waals surface area contributed by atoms with Gasteiger partial charge >= 0.3 is 12.1 Å². The van der Waals surface area contributed by atoms with Crippen molar-refractivity contribution >= 4 is 28.6 Å². The number of nitrogens with zero attached hydrogens (tertiary/aromatic N) is 3. The van der Waals surface area contributed by atoms with E-state index in [4.69, 9.17) is 4.42 Å². The number of aromatic nitrogens is 4. The molecule has 38 heavy (non-hydrogen) atoms. The number of ether oxygens (including phenoxy) is 2. The van der Waals surface area contributed by atoms with Gasteiger partial charge in [0.15, 0.2) is 22.7 Å². The van der Waals surface area contributed by atoms with Gasteiger partial charge < -0.3 is 24.5 Å². The van der Waals surface area contributed by atoms with Gasteiger partial charge in [-0.3, -0.25) is 14.6 Å². The van der Waals surface area contributed by atoms with Gasteiger partial charge in [0.25, 0.3) is 11.8 Å². The summed E-state index contributed by atoms with van der Waals surface area (Å²) in [5.41, 5.74) is 2.36. The topological polar surface area (TPSA) is 153 Å². The number of benzene rings is 2. The van der Waals surface area contributed by atoms with E-state index >= 15 is 0 Å². The molecule has 14 heteroatoms. The first kappa shape index (κ1) is 23.1. The molecule has 0 radical (unpaired) electrons. The molecule has 4 heterocycles. The summed E-state index contributed by atoms with van der Waals surface area (Å²) in [6.07, 6.45) is -2.31. The van der Waals surface area contributed by atoms with Crippen LogP contribution in [0.15, 0.2) is 63.9 Å². The molecule has 0 saturated heterocycles. The van der Waals surface area contributed by atoms with Crippen molar-refractivity contribution in [1.82, 2.24) is 30.2 Å². The Morgan fingerprint density at radius 3 is 2.53 bits per heavy atom. The number of carbonyl (C=O) groups excluding carboxylic acids is 2. The molecule has 1 aliphatic heterocycles. The zero-order chi connectivity index (χ0) is 26.4. The van der Waals surface area contributed by atoms with Crippen molar-refractivity contribution < 1.29 is 32.3 Å². The van der Waals surface area contributed by atoms with Crippen molar-refractivity contribution in [2.45, 2.75) is 19.4 Å². The second kappa shape index (κ2) is 8.69. The first-order valence-corrected chi connectivity index (χ1v) is 11.2. The second-order valence-electron chi connectivity index (χ2n) is 8.29. The molecular weight excluding hydrogens is 506 g/mol. The summed E-state index contributed by atoms with van der Waals surface area (Å²) >= 11 is 0. The Bertz CT molecular complexity index is 1790. The summed E-state index contributed by atoms with van der Waals surface area (Å²) in [6, 6.07) is 12.0. The van der Waals surface area contributed by atoms with Crippen LogP contribution in [-0.2, 0) is 13.1 Å². The number of carbonyl (C=O) groups is 2. The minimum atomic E-state index is -3.74. The molecule has 3 N–H and O–H groups in total. The molecule has 0 atom stereocenters. The van der Waals surface area contributed by atoms with Crippen LogP contribution in [0, 0.1) is 0 Å². The molecule has 3 aromatic heterocycles. The fraction of sp³-hybridized carbons (Fsp3) is 0.125. The molecule has 192 valence electrons. The maximum absolute atomic E-state index is 13.3. The lowest BCUT2D eigenvalue weighted by atomic mass is 10.2. The van der Waals surface area contributed by atoms with E-state index in [1.54, 1.807) is 18.2 Å². The van der Waals surface area contributed by atoms with E-state index in [0.717, 1.165) is 0 Å². The highest BCUT2D eigenvalue weighted by atomic mass is 19.3. The molecule has 6 rings (SSSR count). The predicted octanol–water partition coefficient (Wildman–Crippen LogP) is 2.35. The third kappa shape index (κ3) is 4.38. The Morgan fingerprint density at radius 1 is 0.947 bits per heavy atom. The SMILES string of the molecule is O=C(NCc1ccc2oc(=O)[nH]c2c1)c1cc(C(=O)NCc2ccc3c(c2)OC(F)(F)O3)n2nccc2n1. The Labute approximate surface area is 210 Å². The van der Waals surface area contributed by atoms with E-state index in [1.807, 2.05) is 0 Å². The molecule has 12 nitrogen and oxygen atoms in total. The van der Waals surface area contributed by atoms with Crippen LogP contribution in [0.3, 0.4) is 0 Å². The monoisotopic (exact) mass is 522 g/mol. The molecule has 2 aromatic carbocycles. The summed E-state index contributed by atoms with van der Waals surface area (Å²) in [6.45, 7) is 0.102. The van der Waals surface area contributed by atoms with Crippen LogP contribution in [0.25, 0.3) is 16.7 Å². The van der Waals surface area contributed by atoms with Crippen LogP contribution in [0.1, 0.15) is 32.1 Å². The Hall–Kier alpha value is -5.27. The van der Waals surface area contributed by atoms with Crippen LogP contribution in [0.2, 0.25) is 0 Å². The van der Waals surface area contributed by atoms with E-state index in [-0.39, 0.29) is 41.6 Å². The number of amides is 2. The number of aromatic amines is 1. The number of alkyl halides is 2. The van der Waals surface area contributed by atoms with Gasteiger partial charge in [0.2, 0.25) is 0 Å². The molecular formula is C24H16F2N6O6. The standard InChI is InChI=1S/C24H16F2N6O6/c25-24(26)37-18-4-2-13(8-19(18)38-24)11-28-22(34)16-9-15(30-20-5-6-29-32(16)20)21(33)27-10-12-1-3-17-14(7-12)31-23(35)36-17/h1-9H,10-11H2,(H,27,33)(H,28,34)(H,31,35). The van der Waals surface area contributed by atoms with Crippen molar-refractivity contribution in [3.8, 4) is 11.5 Å². The summed E-state index contributed by atoms with van der Waals surface area (Å²) in [4.78, 5) is 44.0. The molecule has 0 fully saturated rings. The lowest BCUT2D eigenvalue weighted by Crippen LogP contribution is -2.28. The highest BCUT2D eigenvalue weighted by Gasteiger charge is 2.43. The number of rotatable bonds is 6. The zero-order valence-corrected chi connectivity index (χ0v) is 19.2. The lowest BCUT2D eigenvalue weighted by molar-refractivity contribution is -0.286. The van der Waals surface area contributed by atoms with Crippen molar-refractivity contribution in [3.63, 3.8) is 0 Å². The predicted molar refractivity (Wildman–Crippen MR) is 125 cm³/mol. The molecule has 0 unspecified atom stereocenters. The first-order chi connectivity index (χ1) is 18.2. The number of hydrogen-bond donors (Lipinski definition) is 3. The highest BCUT2D eigenvalue weighted by molar-refractivity contribution is 5.98. The average molecular weight is 522 g/mol. The molecule has 1 aliphatic rings. The third-order valence-corrected chi connectivity index (χ3v) is 5.68. The normalized spacial score (nSPS) is 13.6. The smallest absolute Gasteiger partial charge is 0.408 e. The third-order valence-electron chi connectivity index (χ3n) is 5.68. The minimum absolute atomic E-state index is 0.0216. The van der Waals surface area contributed by atoms with E-state index in [0.29, 0.717) is 22.2 Å². The maximum atomic E-state index is 13.3. The quantitative estimate of drug-likeness (QED) is 0.307. The van der Waals surface area contributed by atoms with Gasteiger partial charge in [0.05, 0.1) is 11.7 Å². The van der Waals surface area contributed by atoms with Gasteiger partial charge in [0.1, 0.15) is 11.4 Å². The van der Waals surface area contributed by atoms with Crippen molar-refractivity contribution in [2.24, 2.45) is 0 Å². The highest BCUT2D eigenvalue weighted by Crippen LogP contribution is 2.41. The van der Waals surface area contributed by atoms with Gasteiger partial charge in [-0.15, -0.1) is 8.78 Å². The Balaban J connectivity index is 1.17. The maximum Gasteiger partial charge on any atom is 0.586 e. The van der Waals surface area contributed by atoms with Gasteiger partial charge in [0, 0.05) is 25.2 Å². The average Bonchev–Trinajstić information content (AvgIpc) is 3.58. The summed E-state index contributed by atoms with van der Waals surface area (Å²) in [7, 11) is 0. The van der Waals surface area contributed by atoms with Gasteiger partial charge in [-0.2, -0.15) is 5.10 Å². The fourth-order valence-corrected chi connectivity index (χ4v) is 3.95. The molecule has 0 spiro atoms. The van der Waals surface area contributed by atoms with E-state index in [2.05, 4.69) is 35.2 Å². The fourth-order valence-electron chi connectivity index (χ4n) is 3.95. The number of nitrogens with one attached hydrogen (secondary N) is 3. The summed E-state index contributed by atoms with van der Waals surface area (Å²) in [5.74, 6) is -1.94. The Morgan fingerprint density at radius 2 is 1.68 bits per heavy atom. The van der Waals surface area contributed by atoms with E-state index in [9.17, 15) is 23.2 Å². The number of halogens is 2. The van der Waals surface area contributed by atoms with Crippen molar-refractivity contribution in [2.75, 3.05) is 0 Å². The first-order valence-electron chi connectivity index (χ1n) is 11.2. The minimum Gasteiger partial charge on any atom is -0.408 e. The second-order valence-corrected chi connectivity index (χ2v) is 8.29. The molecule has 2 amide bonds. The lowest BCUT2D eigenvalue weighted by Gasteiger charge is -2.10. The van der Waals surface area contributed by atoms with Crippen molar-refractivity contribution in [1.29, 1.82) is 0 Å². The van der Waals surface area contributed by atoms with Crippen LogP contribution in [0.4, 0.5) is 8.78 Å². The van der Waals surface area contributed by atoms with Gasteiger partial charge in [-0.1, -0.05) is 12.1 Å². The van der Waals surface area contributed by atoms with E-state index in [1.165, 1.54) is 41.0 Å². The van der Waals surface area contributed by atoms with Crippen LogP contribution < -0.4 is 25.9 Å². The molecule has 0 saturated carbocycles. The zero-order valence-electron chi connectivity index (χ0n) is 19.2. The van der Waals surface area contributed by atoms with Crippen LogP contribution in [0.5, 0.6) is 11.5 Å². The molecule has 5 aromatic rings. The van der Waals surface area contributed by atoms with Gasteiger partial charge in [-0.05, 0) is 35.4 Å². The number of oxazole rings is 1. The van der Waals surface area contributed by atoms with Gasteiger partial charge in [-0.25, -0.2) is 14.3 Å². The number of fused-ring (bicyclic) bond motifs is 3. The molecule has 0 aliphatic carbocycles.